The molecule has 0 aliphatic rings. The van der Waals surface area contributed by atoms with Crippen LogP contribution in [-0.4, -0.2) is 7.11 Å². The molecule has 17 heavy (non-hydrogen) atoms. The van der Waals surface area contributed by atoms with Crippen molar-refractivity contribution in [1.29, 1.82) is 5.26 Å². The summed E-state index contributed by atoms with van der Waals surface area (Å²) in [5.74, 6) is 0.579. The second kappa shape index (κ2) is 3.53. The second-order valence-electron chi connectivity index (χ2n) is 3.73. The van der Waals surface area contributed by atoms with Crippen LogP contribution >= 0.6 is 0 Å². The fourth-order valence-electron chi connectivity index (χ4n) is 2.09. The lowest BCUT2D eigenvalue weighted by molar-refractivity contribution is 0.418. The van der Waals surface area contributed by atoms with Gasteiger partial charge in [-0.3, -0.25) is 0 Å². The van der Waals surface area contributed by atoms with Gasteiger partial charge >= 0.3 is 0 Å². The van der Waals surface area contributed by atoms with Gasteiger partial charge in [-0.15, -0.1) is 0 Å². The maximum Gasteiger partial charge on any atom is 0.148 e. The number of ether oxygens (including phenoxy) is 1. The van der Waals surface area contributed by atoms with Crippen LogP contribution in [0.1, 0.15) is 5.56 Å². The Morgan fingerprint density at radius 3 is 2.71 bits per heavy atom. The Morgan fingerprint density at radius 1 is 1.12 bits per heavy atom. The van der Waals surface area contributed by atoms with Crippen molar-refractivity contribution in [2.75, 3.05) is 7.11 Å². The van der Waals surface area contributed by atoms with Crippen molar-refractivity contribution in [3.8, 4) is 11.8 Å². The smallest absolute Gasteiger partial charge is 0.148 e. The molecule has 82 valence electrons. The van der Waals surface area contributed by atoms with E-state index in [2.05, 4.69) is 6.07 Å². The van der Waals surface area contributed by atoms with E-state index >= 15 is 0 Å². The van der Waals surface area contributed by atoms with Gasteiger partial charge in [-0.25, -0.2) is 0 Å². The molecule has 3 nitrogen and oxygen atoms in total. The Hall–Kier alpha value is -2.47. The van der Waals surface area contributed by atoms with Crippen LogP contribution in [0.25, 0.3) is 21.9 Å². The van der Waals surface area contributed by atoms with Crippen LogP contribution in [0, 0.1) is 11.3 Å². The number of rotatable bonds is 1. The van der Waals surface area contributed by atoms with Crippen molar-refractivity contribution in [3.63, 3.8) is 0 Å². The summed E-state index contributed by atoms with van der Waals surface area (Å²) in [6.07, 6.45) is 0. The van der Waals surface area contributed by atoms with E-state index in [4.69, 9.17) is 14.4 Å². The van der Waals surface area contributed by atoms with Crippen LogP contribution in [0.2, 0.25) is 0 Å². The third-order valence-electron chi connectivity index (χ3n) is 2.82. The predicted octanol–water partition coefficient (Wildman–Crippen LogP) is 3.47. The Morgan fingerprint density at radius 2 is 1.94 bits per heavy atom. The minimum atomic E-state index is 0.520. The highest BCUT2D eigenvalue weighted by Gasteiger charge is 2.14. The Balaban J connectivity index is 2.56. The summed E-state index contributed by atoms with van der Waals surface area (Å²) in [4.78, 5) is 0. The average molecular weight is 223 g/mol. The standard InChI is InChI=1S/C14H9NO2/c1-16-14-9(8-15)6-7-12-13(14)10-4-2-3-5-11(10)17-12/h2-7H,1H3. The van der Waals surface area contributed by atoms with E-state index in [1.165, 1.54) is 0 Å². The first-order valence-electron chi connectivity index (χ1n) is 5.23. The largest absolute Gasteiger partial charge is 0.495 e. The highest BCUT2D eigenvalue weighted by Crippen LogP contribution is 2.37. The molecule has 2 aromatic carbocycles. The van der Waals surface area contributed by atoms with Crippen molar-refractivity contribution < 1.29 is 9.15 Å². The van der Waals surface area contributed by atoms with Gasteiger partial charge in [-0.2, -0.15) is 5.26 Å². The second-order valence-corrected chi connectivity index (χ2v) is 3.73. The first-order valence-corrected chi connectivity index (χ1v) is 5.23. The maximum atomic E-state index is 9.06. The Bertz CT molecular complexity index is 750. The molecule has 0 N–H and O–H groups in total. The van der Waals surface area contributed by atoms with Gasteiger partial charge in [-0.05, 0) is 18.2 Å². The number of nitriles is 1. The van der Waals surface area contributed by atoms with Crippen LogP contribution in [-0.2, 0) is 0 Å². The molecule has 0 atom stereocenters. The summed E-state index contributed by atoms with van der Waals surface area (Å²) in [5.41, 5.74) is 2.06. The molecule has 0 spiro atoms. The number of fused-ring (bicyclic) bond motifs is 3. The van der Waals surface area contributed by atoms with Gasteiger partial charge in [0.05, 0.1) is 18.1 Å². The fourth-order valence-corrected chi connectivity index (χ4v) is 2.09. The van der Waals surface area contributed by atoms with Crippen molar-refractivity contribution in [2.24, 2.45) is 0 Å². The number of furan rings is 1. The summed E-state index contributed by atoms with van der Waals surface area (Å²) < 4.78 is 11.0. The molecule has 3 aromatic rings. The number of benzene rings is 2. The SMILES string of the molecule is COc1c(C#N)ccc2oc3ccccc3c12. The molecule has 0 amide bonds. The lowest BCUT2D eigenvalue weighted by atomic mass is 10.1. The minimum absolute atomic E-state index is 0.520. The lowest BCUT2D eigenvalue weighted by Gasteiger charge is -2.03. The van der Waals surface area contributed by atoms with Crippen LogP contribution in [0.4, 0.5) is 0 Å². The van der Waals surface area contributed by atoms with E-state index in [0.717, 1.165) is 21.9 Å². The average Bonchev–Trinajstić information content (AvgIpc) is 2.76. The number of hydrogen-bond acceptors (Lipinski definition) is 3. The highest BCUT2D eigenvalue weighted by atomic mass is 16.5. The summed E-state index contributed by atoms with van der Waals surface area (Å²) in [6, 6.07) is 13.4. The molecule has 3 heteroatoms. The Kier molecular flexibility index (Phi) is 2.02. The number of nitrogens with zero attached hydrogens (tertiary/aromatic N) is 1. The summed E-state index contributed by atoms with van der Waals surface area (Å²) in [6.45, 7) is 0. The lowest BCUT2D eigenvalue weighted by Crippen LogP contribution is -1.88. The van der Waals surface area contributed by atoms with E-state index in [0.29, 0.717) is 11.3 Å². The zero-order valence-corrected chi connectivity index (χ0v) is 9.23. The van der Waals surface area contributed by atoms with Gasteiger partial charge < -0.3 is 9.15 Å². The molecule has 1 aromatic heterocycles. The van der Waals surface area contributed by atoms with Gasteiger partial charge in [0.25, 0.3) is 0 Å². The predicted molar refractivity (Wildman–Crippen MR) is 65.0 cm³/mol. The quantitative estimate of drug-likeness (QED) is 0.634. The first kappa shape index (κ1) is 9.73. The van der Waals surface area contributed by atoms with E-state index in [1.54, 1.807) is 19.2 Å². The normalized spacial score (nSPS) is 10.6. The van der Waals surface area contributed by atoms with Crippen LogP contribution in [0.15, 0.2) is 40.8 Å². The van der Waals surface area contributed by atoms with Crippen LogP contribution < -0.4 is 4.74 Å². The third kappa shape index (κ3) is 1.28. The topological polar surface area (TPSA) is 46.2 Å². The molecule has 0 fully saturated rings. The van der Waals surface area contributed by atoms with Crippen molar-refractivity contribution in [1.82, 2.24) is 0 Å². The maximum absolute atomic E-state index is 9.06. The molecule has 0 saturated heterocycles. The molecule has 0 aliphatic carbocycles. The van der Waals surface area contributed by atoms with Crippen LogP contribution in [0.5, 0.6) is 5.75 Å². The first-order chi connectivity index (χ1) is 8.35. The summed E-state index contributed by atoms with van der Waals surface area (Å²) >= 11 is 0. The molecule has 1 heterocycles. The number of methoxy groups -OCH3 is 1. The van der Waals surface area contributed by atoms with E-state index in [-0.39, 0.29) is 0 Å². The van der Waals surface area contributed by atoms with Gasteiger partial charge in [0, 0.05) is 5.39 Å². The Labute approximate surface area is 97.8 Å². The van der Waals surface area contributed by atoms with Crippen LogP contribution in [0.3, 0.4) is 0 Å². The molecular formula is C14H9NO2. The van der Waals surface area contributed by atoms with Crippen molar-refractivity contribution >= 4 is 21.9 Å². The zero-order valence-electron chi connectivity index (χ0n) is 9.23. The molecule has 0 bridgehead atoms. The van der Waals surface area contributed by atoms with Gasteiger partial charge in [0.1, 0.15) is 23.0 Å². The molecule has 0 aliphatic heterocycles. The highest BCUT2D eigenvalue weighted by molar-refractivity contribution is 6.09. The number of hydrogen-bond donors (Lipinski definition) is 0. The minimum Gasteiger partial charge on any atom is -0.495 e. The van der Waals surface area contributed by atoms with Gasteiger partial charge in [0.15, 0.2) is 0 Å². The molecule has 3 rings (SSSR count). The van der Waals surface area contributed by atoms with Crippen molar-refractivity contribution in [3.05, 3.63) is 42.0 Å². The molecule has 0 unspecified atom stereocenters. The van der Waals surface area contributed by atoms with Gasteiger partial charge in [0.2, 0.25) is 0 Å². The van der Waals surface area contributed by atoms with E-state index < -0.39 is 0 Å². The van der Waals surface area contributed by atoms with E-state index in [1.807, 2.05) is 24.3 Å². The third-order valence-corrected chi connectivity index (χ3v) is 2.82. The molecule has 0 radical (unpaired) electrons. The monoisotopic (exact) mass is 223 g/mol. The molecular weight excluding hydrogens is 214 g/mol. The summed E-state index contributed by atoms with van der Waals surface area (Å²) in [5, 5.41) is 10.9. The fraction of sp³-hybridized carbons (Fsp3) is 0.0714. The zero-order chi connectivity index (χ0) is 11.8. The molecule has 0 saturated carbocycles. The van der Waals surface area contributed by atoms with Crippen molar-refractivity contribution in [2.45, 2.75) is 0 Å². The van der Waals surface area contributed by atoms with Gasteiger partial charge in [-0.1, -0.05) is 18.2 Å². The summed E-state index contributed by atoms with van der Waals surface area (Å²) in [7, 11) is 1.57. The number of para-hydroxylation sites is 1. The van der Waals surface area contributed by atoms with E-state index in [9.17, 15) is 0 Å².